The maximum atomic E-state index is 13.5. The first-order valence-corrected chi connectivity index (χ1v) is 8.52. The molecule has 1 aromatic carbocycles. The Morgan fingerprint density at radius 1 is 1.30 bits per heavy atom. The minimum absolute atomic E-state index is 0.189. The van der Waals surface area contributed by atoms with Gasteiger partial charge in [-0.2, -0.15) is 0 Å². The van der Waals surface area contributed by atoms with Crippen LogP contribution in [0.25, 0.3) is 0 Å². The number of amides is 1. The molecule has 1 heterocycles. The molecule has 1 saturated carbocycles. The highest BCUT2D eigenvalue weighted by Gasteiger charge is 2.64. The summed E-state index contributed by atoms with van der Waals surface area (Å²) in [6, 6.07) is 10.0. The molecular formula is C20H23NO2. The molecule has 0 N–H and O–H groups in total. The van der Waals surface area contributed by atoms with E-state index in [1.807, 2.05) is 47.4 Å². The molecule has 0 bridgehead atoms. The Labute approximate surface area is 137 Å². The van der Waals surface area contributed by atoms with E-state index < -0.39 is 5.41 Å². The molecule has 1 saturated heterocycles. The SMILES string of the molecule is CC[C@H]1C[C@@H]2CN(c3ccccc3)C(=O)[C@]23C=CC=C(OC)[C@@H]13. The molecule has 0 radical (unpaired) electrons. The number of carbonyl (C=O) groups excluding carboxylic acids is 1. The lowest BCUT2D eigenvalue weighted by atomic mass is 9.68. The summed E-state index contributed by atoms with van der Waals surface area (Å²) in [5, 5.41) is 0. The van der Waals surface area contributed by atoms with E-state index in [-0.39, 0.29) is 11.8 Å². The second-order valence-electron chi connectivity index (χ2n) is 6.90. The Kier molecular flexibility index (Phi) is 3.33. The average Bonchev–Trinajstić information content (AvgIpc) is 3.06. The first-order chi connectivity index (χ1) is 11.2. The van der Waals surface area contributed by atoms with Crippen molar-refractivity contribution in [3.8, 4) is 0 Å². The molecule has 2 fully saturated rings. The number of methoxy groups -OCH3 is 1. The summed E-state index contributed by atoms with van der Waals surface area (Å²) >= 11 is 0. The molecule has 1 aromatic rings. The van der Waals surface area contributed by atoms with Gasteiger partial charge < -0.3 is 9.64 Å². The zero-order valence-corrected chi connectivity index (χ0v) is 13.7. The number of benzene rings is 1. The number of rotatable bonds is 3. The van der Waals surface area contributed by atoms with E-state index >= 15 is 0 Å². The van der Waals surface area contributed by atoms with Crippen LogP contribution < -0.4 is 4.90 Å². The summed E-state index contributed by atoms with van der Waals surface area (Å²) in [7, 11) is 1.73. The Bertz CT molecular complexity index is 678. The van der Waals surface area contributed by atoms with Gasteiger partial charge in [0.1, 0.15) is 5.76 Å². The molecule has 120 valence electrons. The number of nitrogens with zero attached hydrogens (tertiary/aromatic N) is 1. The van der Waals surface area contributed by atoms with E-state index in [0.717, 1.165) is 30.8 Å². The summed E-state index contributed by atoms with van der Waals surface area (Å²) in [5.74, 6) is 2.31. The van der Waals surface area contributed by atoms with Crippen LogP contribution in [0.3, 0.4) is 0 Å². The molecule has 1 spiro atoms. The summed E-state index contributed by atoms with van der Waals surface area (Å²) in [6.07, 6.45) is 8.41. The topological polar surface area (TPSA) is 29.5 Å². The van der Waals surface area contributed by atoms with Gasteiger partial charge in [0.2, 0.25) is 5.91 Å². The molecule has 3 heteroatoms. The third-order valence-electron chi connectivity index (χ3n) is 6.03. The van der Waals surface area contributed by atoms with Crippen LogP contribution >= 0.6 is 0 Å². The van der Waals surface area contributed by atoms with Gasteiger partial charge in [0.05, 0.1) is 12.5 Å². The fourth-order valence-corrected chi connectivity index (χ4v) is 5.02. The van der Waals surface area contributed by atoms with Gasteiger partial charge in [0.15, 0.2) is 0 Å². The predicted molar refractivity (Wildman–Crippen MR) is 90.8 cm³/mol. The van der Waals surface area contributed by atoms with E-state index in [2.05, 4.69) is 13.0 Å². The number of ether oxygens (including phenoxy) is 1. The van der Waals surface area contributed by atoms with Crippen molar-refractivity contribution in [1.82, 2.24) is 0 Å². The van der Waals surface area contributed by atoms with Crippen molar-refractivity contribution >= 4 is 11.6 Å². The van der Waals surface area contributed by atoms with Crippen LogP contribution in [-0.2, 0) is 9.53 Å². The smallest absolute Gasteiger partial charge is 0.238 e. The van der Waals surface area contributed by atoms with Crippen LogP contribution in [0.1, 0.15) is 19.8 Å². The van der Waals surface area contributed by atoms with E-state index in [0.29, 0.717) is 11.8 Å². The van der Waals surface area contributed by atoms with Crippen LogP contribution in [0.5, 0.6) is 0 Å². The molecule has 3 nitrogen and oxygen atoms in total. The summed E-state index contributed by atoms with van der Waals surface area (Å²) < 4.78 is 5.67. The largest absolute Gasteiger partial charge is 0.501 e. The monoisotopic (exact) mass is 309 g/mol. The maximum absolute atomic E-state index is 13.5. The van der Waals surface area contributed by atoms with E-state index in [1.54, 1.807) is 7.11 Å². The number of anilines is 1. The zero-order chi connectivity index (χ0) is 16.0. The lowest BCUT2D eigenvalue weighted by Crippen LogP contribution is -2.41. The zero-order valence-electron chi connectivity index (χ0n) is 13.7. The quantitative estimate of drug-likeness (QED) is 0.850. The minimum atomic E-state index is -0.406. The van der Waals surface area contributed by atoms with Crippen LogP contribution in [-0.4, -0.2) is 19.6 Å². The van der Waals surface area contributed by atoms with Crippen molar-refractivity contribution in [3.63, 3.8) is 0 Å². The highest BCUT2D eigenvalue weighted by molar-refractivity contribution is 6.02. The number of hydrogen-bond donors (Lipinski definition) is 0. The van der Waals surface area contributed by atoms with Crippen molar-refractivity contribution in [2.24, 2.45) is 23.2 Å². The molecule has 4 atom stereocenters. The molecule has 2 aliphatic carbocycles. The molecule has 4 rings (SSSR count). The number of allylic oxidation sites excluding steroid dienone is 3. The fraction of sp³-hybridized carbons (Fsp3) is 0.450. The Balaban J connectivity index is 1.77. The molecule has 3 aliphatic rings. The number of carbonyl (C=O) groups is 1. The van der Waals surface area contributed by atoms with Crippen LogP contribution in [0.4, 0.5) is 5.69 Å². The van der Waals surface area contributed by atoms with Crippen molar-refractivity contribution in [1.29, 1.82) is 0 Å². The first kappa shape index (κ1) is 14.6. The van der Waals surface area contributed by atoms with Gasteiger partial charge in [0.25, 0.3) is 0 Å². The van der Waals surface area contributed by atoms with E-state index in [9.17, 15) is 4.79 Å². The highest BCUT2D eigenvalue weighted by Crippen LogP contribution is 2.61. The summed E-state index contributed by atoms with van der Waals surface area (Å²) in [5.41, 5.74) is 0.603. The van der Waals surface area contributed by atoms with Gasteiger partial charge in [-0.1, -0.05) is 43.7 Å². The first-order valence-electron chi connectivity index (χ1n) is 8.52. The van der Waals surface area contributed by atoms with Crippen molar-refractivity contribution in [2.75, 3.05) is 18.6 Å². The van der Waals surface area contributed by atoms with E-state index in [4.69, 9.17) is 4.74 Å². The lowest BCUT2D eigenvalue weighted by Gasteiger charge is -2.36. The van der Waals surface area contributed by atoms with Gasteiger partial charge in [-0.3, -0.25) is 4.79 Å². The molecule has 23 heavy (non-hydrogen) atoms. The van der Waals surface area contributed by atoms with E-state index in [1.165, 1.54) is 0 Å². The molecule has 0 unspecified atom stereocenters. The van der Waals surface area contributed by atoms with Crippen LogP contribution in [0, 0.1) is 23.2 Å². The van der Waals surface area contributed by atoms with Crippen LogP contribution in [0.15, 0.2) is 54.3 Å². The third kappa shape index (κ3) is 1.85. The maximum Gasteiger partial charge on any atom is 0.238 e. The Morgan fingerprint density at radius 2 is 2.09 bits per heavy atom. The standard InChI is InChI=1S/C20H23NO2/c1-3-14-12-15-13-21(16-8-5-4-6-9-16)19(22)20(15)11-7-10-17(23-2)18(14)20/h4-11,14-15,18H,3,12-13H2,1-2H3/t14-,15+,18+,20+/m0/s1. The second-order valence-corrected chi connectivity index (χ2v) is 6.90. The van der Waals surface area contributed by atoms with Gasteiger partial charge in [0, 0.05) is 18.2 Å². The summed E-state index contributed by atoms with van der Waals surface area (Å²) in [6.45, 7) is 3.04. The van der Waals surface area contributed by atoms with Gasteiger partial charge in [-0.15, -0.1) is 0 Å². The van der Waals surface area contributed by atoms with Crippen molar-refractivity contribution in [2.45, 2.75) is 19.8 Å². The average molecular weight is 309 g/mol. The highest BCUT2D eigenvalue weighted by atomic mass is 16.5. The van der Waals surface area contributed by atoms with Gasteiger partial charge in [-0.25, -0.2) is 0 Å². The Morgan fingerprint density at radius 3 is 2.78 bits per heavy atom. The lowest BCUT2D eigenvalue weighted by molar-refractivity contribution is -0.126. The van der Waals surface area contributed by atoms with Crippen molar-refractivity contribution < 1.29 is 9.53 Å². The van der Waals surface area contributed by atoms with Gasteiger partial charge in [-0.05, 0) is 36.5 Å². The summed E-state index contributed by atoms with van der Waals surface area (Å²) in [4.78, 5) is 15.4. The van der Waals surface area contributed by atoms with Crippen molar-refractivity contribution in [3.05, 3.63) is 54.3 Å². The van der Waals surface area contributed by atoms with Gasteiger partial charge >= 0.3 is 0 Å². The molecular weight excluding hydrogens is 286 g/mol. The normalized spacial score (nSPS) is 35.0. The molecule has 1 aliphatic heterocycles. The Hall–Kier alpha value is -2.03. The molecule has 1 amide bonds. The number of para-hydroxylation sites is 1. The minimum Gasteiger partial charge on any atom is -0.501 e. The predicted octanol–water partition coefficient (Wildman–Crippen LogP) is 3.78. The number of hydrogen-bond acceptors (Lipinski definition) is 2. The second kappa shape index (κ2) is 5.26. The fourth-order valence-electron chi connectivity index (χ4n) is 5.02. The third-order valence-corrected chi connectivity index (χ3v) is 6.03. The van der Waals surface area contributed by atoms with Crippen LogP contribution in [0.2, 0.25) is 0 Å². The molecule has 0 aromatic heterocycles.